The largest absolute Gasteiger partial charge is 0.456 e. The standard InChI is InChI=1S/C50H33N3O/c1-30-25-37(28-36-27-34(23-24-38(30)36)40-18-10-20-46-47(40)43-17-8-9-19-45(43)54-46)49-51-48(35-22-21-31-11-2-3-12-32(31)26-35)52-50(53-49)44-29-33-13-4-5-14-39(33)41-15-6-7-16-42(41)44/h2-24,26-30H,25H2,1H3. The van der Waals surface area contributed by atoms with Crippen LogP contribution in [-0.2, 0) is 0 Å². The van der Waals surface area contributed by atoms with E-state index in [0.717, 1.165) is 72.3 Å². The van der Waals surface area contributed by atoms with E-state index in [4.69, 9.17) is 19.4 Å². The van der Waals surface area contributed by atoms with E-state index in [-0.39, 0.29) is 5.92 Å². The lowest BCUT2D eigenvalue weighted by atomic mass is 9.82. The molecule has 254 valence electrons. The molecule has 54 heavy (non-hydrogen) atoms. The molecule has 1 aliphatic carbocycles. The van der Waals surface area contributed by atoms with Crippen molar-refractivity contribution in [1.82, 2.24) is 15.0 Å². The van der Waals surface area contributed by atoms with E-state index in [9.17, 15) is 0 Å². The van der Waals surface area contributed by atoms with Crippen LogP contribution in [0, 0.1) is 0 Å². The molecule has 2 aromatic heterocycles. The Morgan fingerprint density at radius 3 is 2.06 bits per heavy atom. The van der Waals surface area contributed by atoms with E-state index in [1.165, 1.54) is 27.3 Å². The van der Waals surface area contributed by atoms with Crippen LogP contribution < -0.4 is 0 Å². The zero-order valence-electron chi connectivity index (χ0n) is 29.6. The predicted octanol–water partition coefficient (Wildman–Crippen LogP) is 13.3. The molecule has 2 heterocycles. The van der Waals surface area contributed by atoms with E-state index in [1.54, 1.807) is 0 Å². The van der Waals surface area contributed by atoms with Crippen LogP contribution >= 0.6 is 0 Å². The van der Waals surface area contributed by atoms with Gasteiger partial charge < -0.3 is 4.42 Å². The minimum Gasteiger partial charge on any atom is -0.456 e. The third-order valence-corrected chi connectivity index (χ3v) is 11.1. The van der Waals surface area contributed by atoms with Gasteiger partial charge in [0.15, 0.2) is 17.5 Å². The fourth-order valence-electron chi connectivity index (χ4n) is 8.51. The lowest BCUT2D eigenvalue weighted by Crippen LogP contribution is -2.09. The molecule has 11 rings (SSSR count). The normalized spacial score (nSPS) is 14.2. The second-order valence-electron chi connectivity index (χ2n) is 14.5. The summed E-state index contributed by atoms with van der Waals surface area (Å²) in [5, 5.41) is 9.31. The molecular formula is C50H33N3O. The molecular weight excluding hydrogens is 659 g/mol. The summed E-state index contributed by atoms with van der Waals surface area (Å²) in [6, 6.07) is 55.8. The first kappa shape index (κ1) is 30.7. The van der Waals surface area contributed by atoms with Crippen LogP contribution in [0.1, 0.15) is 36.2 Å². The van der Waals surface area contributed by atoms with Crippen molar-refractivity contribution in [1.29, 1.82) is 0 Å². The number of nitrogens with zero attached hydrogens (tertiary/aromatic N) is 3. The van der Waals surface area contributed by atoms with Crippen LogP contribution in [0.4, 0.5) is 0 Å². The highest BCUT2D eigenvalue weighted by molar-refractivity contribution is 6.14. The highest BCUT2D eigenvalue weighted by atomic mass is 16.3. The van der Waals surface area contributed by atoms with Gasteiger partial charge in [0.05, 0.1) is 0 Å². The molecule has 0 N–H and O–H groups in total. The van der Waals surface area contributed by atoms with Crippen LogP contribution in [0.5, 0.6) is 0 Å². The fourth-order valence-corrected chi connectivity index (χ4v) is 8.51. The Labute approximate surface area is 312 Å². The predicted molar refractivity (Wildman–Crippen MR) is 223 cm³/mol. The molecule has 1 unspecified atom stereocenters. The van der Waals surface area contributed by atoms with Crippen molar-refractivity contribution in [2.24, 2.45) is 0 Å². The van der Waals surface area contributed by atoms with Gasteiger partial charge in [0, 0.05) is 21.9 Å². The fraction of sp³-hybridized carbons (Fsp3) is 0.0600. The highest BCUT2D eigenvalue weighted by Crippen LogP contribution is 2.42. The molecule has 4 heteroatoms. The van der Waals surface area contributed by atoms with Crippen LogP contribution in [0.2, 0.25) is 0 Å². The summed E-state index contributed by atoms with van der Waals surface area (Å²) in [5.41, 5.74) is 9.72. The van der Waals surface area contributed by atoms with Gasteiger partial charge in [-0.2, -0.15) is 0 Å². The molecule has 0 saturated carbocycles. The number of fused-ring (bicyclic) bond motifs is 8. The smallest absolute Gasteiger partial charge is 0.164 e. The zero-order chi connectivity index (χ0) is 35.8. The van der Waals surface area contributed by atoms with Gasteiger partial charge in [0.25, 0.3) is 0 Å². The summed E-state index contributed by atoms with van der Waals surface area (Å²) >= 11 is 0. The Morgan fingerprint density at radius 1 is 0.481 bits per heavy atom. The number of hydrogen-bond donors (Lipinski definition) is 0. The van der Waals surface area contributed by atoms with Gasteiger partial charge in [-0.15, -0.1) is 0 Å². The van der Waals surface area contributed by atoms with Crippen molar-refractivity contribution in [3.63, 3.8) is 0 Å². The van der Waals surface area contributed by atoms with E-state index in [2.05, 4.69) is 159 Å². The Kier molecular flexibility index (Phi) is 6.86. The maximum Gasteiger partial charge on any atom is 0.164 e. The van der Waals surface area contributed by atoms with Gasteiger partial charge >= 0.3 is 0 Å². The van der Waals surface area contributed by atoms with Gasteiger partial charge in [-0.05, 0) is 109 Å². The van der Waals surface area contributed by atoms with Crippen molar-refractivity contribution < 1.29 is 4.42 Å². The van der Waals surface area contributed by atoms with E-state index in [0.29, 0.717) is 17.5 Å². The molecule has 1 atom stereocenters. The number of benzene rings is 8. The van der Waals surface area contributed by atoms with Gasteiger partial charge in [0.1, 0.15) is 11.2 Å². The molecule has 0 saturated heterocycles. The van der Waals surface area contributed by atoms with Crippen LogP contribution in [0.25, 0.3) is 99.8 Å². The summed E-state index contributed by atoms with van der Waals surface area (Å²) in [5.74, 6) is 2.35. The first-order valence-corrected chi connectivity index (χ1v) is 18.6. The molecule has 0 spiro atoms. The SMILES string of the molecule is CC1CC(c2nc(-c3ccc4ccccc4c3)nc(-c3cc4ccccc4c4ccccc34)n2)=Cc2cc(-c3cccc4oc5ccccc5c34)ccc21. The molecule has 0 fully saturated rings. The Bertz CT molecular complexity index is 3170. The van der Waals surface area contributed by atoms with Crippen molar-refractivity contribution in [3.05, 3.63) is 175 Å². The molecule has 0 bridgehead atoms. The summed E-state index contributed by atoms with van der Waals surface area (Å²) < 4.78 is 6.25. The molecule has 4 nitrogen and oxygen atoms in total. The average Bonchev–Trinajstić information content (AvgIpc) is 3.62. The van der Waals surface area contributed by atoms with Crippen LogP contribution in [0.15, 0.2) is 162 Å². The minimum absolute atomic E-state index is 0.283. The number of furan rings is 1. The lowest BCUT2D eigenvalue weighted by molar-refractivity contribution is 0.669. The van der Waals surface area contributed by atoms with Crippen molar-refractivity contribution in [2.45, 2.75) is 19.3 Å². The van der Waals surface area contributed by atoms with E-state index in [1.807, 2.05) is 12.1 Å². The van der Waals surface area contributed by atoms with E-state index < -0.39 is 0 Å². The summed E-state index contributed by atoms with van der Waals surface area (Å²) in [7, 11) is 0. The monoisotopic (exact) mass is 691 g/mol. The van der Waals surface area contributed by atoms with Crippen molar-refractivity contribution in [2.75, 3.05) is 0 Å². The topological polar surface area (TPSA) is 51.8 Å². The average molecular weight is 692 g/mol. The zero-order valence-corrected chi connectivity index (χ0v) is 29.6. The Morgan fingerprint density at radius 2 is 1.17 bits per heavy atom. The van der Waals surface area contributed by atoms with Crippen molar-refractivity contribution >= 4 is 65.9 Å². The van der Waals surface area contributed by atoms with Crippen LogP contribution in [0.3, 0.4) is 0 Å². The molecule has 10 aromatic rings. The number of aromatic nitrogens is 3. The Balaban J connectivity index is 1.11. The maximum atomic E-state index is 6.25. The molecule has 8 aromatic carbocycles. The second kappa shape index (κ2) is 12.1. The summed E-state index contributed by atoms with van der Waals surface area (Å²) in [4.78, 5) is 15.8. The highest BCUT2D eigenvalue weighted by Gasteiger charge is 2.24. The lowest BCUT2D eigenvalue weighted by Gasteiger charge is -2.23. The number of hydrogen-bond acceptors (Lipinski definition) is 4. The van der Waals surface area contributed by atoms with Gasteiger partial charge in [-0.25, -0.2) is 15.0 Å². The Hall–Kier alpha value is -6.91. The number of rotatable bonds is 4. The first-order chi connectivity index (χ1) is 26.6. The molecule has 0 aliphatic heterocycles. The molecule has 0 amide bonds. The maximum absolute atomic E-state index is 6.25. The van der Waals surface area contributed by atoms with E-state index >= 15 is 0 Å². The second-order valence-corrected chi connectivity index (χ2v) is 14.5. The molecule has 0 radical (unpaired) electrons. The quantitative estimate of drug-likeness (QED) is 0.172. The van der Waals surface area contributed by atoms with Gasteiger partial charge in [-0.1, -0.05) is 134 Å². The van der Waals surface area contributed by atoms with Crippen molar-refractivity contribution in [3.8, 4) is 33.9 Å². The third-order valence-electron chi connectivity index (χ3n) is 11.1. The van der Waals surface area contributed by atoms with Gasteiger partial charge in [-0.3, -0.25) is 0 Å². The summed E-state index contributed by atoms with van der Waals surface area (Å²) in [6.45, 7) is 2.30. The van der Waals surface area contributed by atoms with Crippen LogP contribution in [-0.4, -0.2) is 15.0 Å². The van der Waals surface area contributed by atoms with Gasteiger partial charge in [0.2, 0.25) is 0 Å². The summed E-state index contributed by atoms with van der Waals surface area (Å²) in [6.07, 6.45) is 3.13. The molecule has 1 aliphatic rings. The minimum atomic E-state index is 0.283. The number of para-hydroxylation sites is 1. The third kappa shape index (κ3) is 4.95. The first-order valence-electron chi connectivity index (χ1n) is 18.6. The number of allylic oxidation sites excluding steroid dienone is 1.